The summed E-state index contributed by atoms with van der Waals surface area (Å²) in [6.45, 7) is 3.02. The van der Waals surface area contributed by atoms with Crippen molar-refractivity contribution in [1.29, 1.82) is 0 Å². The minimum Gasteiger partial charge on any atom is -0.330 e. The first kappa shape index (κ1) is 18.2. The first-order chi connectivity index (χ1) is 9.41. The van der Waals surface area contributed by atoms with Crippen LogP contribution in [0.25, 0.3) is 0 Å². The maximum Gasteiger partial charge on any atom is -0.00426 e. The molecule has 0 atom stereocenters. The van der Waals surface area contributed by atoms with Crippen LogP contribution in [0, 0.1) is 0 Å². The van der Waals surface area contributed by atoms with Gasteiger partial charge in [-0.2, -0.15) is 0 Å². The number of unbranched alkanes of at least 4 members (excludes halogenated alkanes) is 6. The smallest absolute Gasteiger partial charge is 0.00426 e. The van der Waals surface area contributed by atoms with Crippen molar-refractivity contribution < 1.29 is 0 Å². The van der Waals surface area contributed by atoms with E-state index in [-0.39, 0.29) is 0 Å². The molecule has 0 saturated carbocycles. The molecular weight excluding hydrogens is 230 g/mol. The number of rotatable bonds is 13. The number of hydrogen-bond acceptors (Lipinski definition) is 1. The van der Waals surface area contributed by atoms with E-state index in [1.165, 1.54) is 44.9 Å². The summed E-state index contributed by atoms with van der Waals surface area (Å²) in [7, 11) is 0. The lowest BCUT2D eigenvalue weighted by Gasteiger charge is -1.97. The highest BCUT2D eigenvalue weighted by atomic mass is 14.5. The minimum atomic E-state index is 0.751. The van der Waals surface area contributed by atoms with Gasteiger partial charge in [0.1, 0.15) is 0 Å². The maximum absolute atomic E-state index is 5.40. The summed E-state index contributed by atoms with van der Waals surface area (Å²) in [5.74, 6) is 0. The van der Waals surface area contributed by atoms with Gasteiger partial charge in [-0.1, -0.05) is 75.5 Å². The Kier molecular flexibility index (Phi) is 16.4. The molecule has 0 aromatic carbocycles. The van der Waals surface area contributed by atoms with E-state index in [0.29, 0.717) is 0 Å². The molecule has 2 N–H and O–H groups in total. The number of nitrogens with two attached hydrogens (primary N) is 1. The van der Waals surface area contributed by atoms with Crippen molar-refractivity contribution in [3.05, 3.63) is 36.5 Å². The fraction of sp³-hybridized carbons (Fsp3) is 0.667. The molecule has 0 aliphatic rings. The highest BCUT2D eigenvalue weighted by Crippen LogP contribution is 2.07. The van der Waals surface area contributed by atoms with Gasteiger partial charge in [-0.05, 0) is 38.6 Å². The Bertz CT molecular complexity index is 238. The zero-order chi connectivity index (χ0) is 14.0. The standard InChI is InChI=1S/C18H33N/c1-2-3-4-5-6-7-8-9-10-11-12-13-14-15-16-17-18-19/h9-10,12-13,15-16H,2-8,11,14,17-19H2,1H3/b10-9-,13-12-,16-15-. The summed E-state index contributed by atoms with van der Waals surface area (Å²) < 4.78 is 0. The molecule has 0 aliphatic heterocycles. The molecule has 0 aromatic rings. The first-order valence-corrected chi connectivity index (χ1v) is 8.06. The van der Waals surface area contributed by atoms with Gasteiger partial charge in [0.25, 0.3) is 0 Å². The third kappa shape index (κ3) is 17.2. The van der Waals surface area contributed by atoms with Gasteiger partial charge in [0.05, 0.1) is 0 Å². The first-order valence-electron chi connectivity index (χ1n) is 8.06. The average Bonchev–Trinajstić information content (AvgIpc) is 2.43. The van der Waals surface area contributed by atoms with E-state index in [9.17, 15) is 0 Å². The van der Waals surface area contributed by atoms with Crippen LogP contribution in [0.5, 0.6) is 0 Å². The second-order valence-electron chi connectivity index (χ2n) is 5.02. The SMILES string of the molecule is CCCCCCCC/C=C\C/C=C\C/C=C\CCN. The van der Waals surface area contributed by atoms with Crippen molar-refractivity contribution in [3.63, 3.8) is 0 Å². The fourth-order valence-electron chi connectivity index (χ4n) is 1.92. The monoisotopic (exact) mass is 263 g/mol. The van der Waals surface area contributed by atoms with Crippen LogP contribution >= 0.6 is 0 Å². The van der Waals surface area contributed by atoms with E-state index in [0.717, 1.165) is 25.8 Å². The molecule has 1 nitrogen and oxygen atoms in total. The molecule has 0 bridgehead atoms. The van der Waals surface area contributed by atoms with Crippen molar-refractivity contribution in [2.75, 3.05) is 6.54 Å². The highest BCUT2D eigenvalue weighted by molar-refractivity contribution is 4.97. The van der Waals surface area contributed by atoms with Crippen LogP contribution in [0.1, 0.15) is 71.1 Å². The third-order valence-electron chi connectivity index (χ3n) is 3.10. The Hall–Kier alpha value is -0.820. The summed E-state index contributed by atoms with van der Waals surface area (Å²) >= 11 is 0. The zero-order valence-electron chi connectivity index (χ0n) is 12.8. The van der Waals surface area contributed by atoms with Crippen LogP contribution in [0.2, 0.25) is 0 Å². The largest absolute Gasteiger partial charge is 0.330 e. The molecule has 1 heteroatoms. The molecule has 0 amide bonds. The lowest BCUT2D eigenvalue weighted by atomic mass is 10.1. The topological polar surface area (TPSA) is 26.0 Å². The molecule has 0 heterocycles. The Morgan fingerprint density at radius 2 is 1.16 bits per heavy atom. The lowest BCUT2D eigenvalue weighted by Crippen LogP contribution is -1.94. The summed E-state index contributed by atoms with van der Waals surface area (Å²) in [5, 5.41) is 0. The molecule has 0 rings (SSSR count). The molecule has 0 unspecified atom stereocenters. The van der Waals surface area contributed by atoms with E-state index >= 15 is 0 Å². The van der Waals surface area contributed by atoms with Gasteiger partial charge >= 0.3 is 0 Å². The second kappa shape index (κ2) is 17.2. The van der Waals surface area contributed by atoms with Crippen molar-refractivity contribution in [2.24, 2.45) is 5.73 Å². The maximum atomic E-state index is 5.40. The summed E-state index contributed by atoms with van der Waals surface area (Å²) in [6, 6.07) is 0. The normalized spacial score (nSPS) is 12.3. The van der Waals surface area contributed by atoms with Crippen LogP contribution in [-0.4, -0.2) is 6.54 Å². The van der Waals surface area contributed by atoms with E-state index in [1.54, 1.807) is 0 Å². The average molecular weight is 263 g/mol. The molecule has 0 aromatic heterocycles. The Morgan fingerprint density at radius 1 is 0.632 bits per heavy atom. The second-order valence-corrected chi connectivity index (χ2v) is 5.02. The van der Waals surface area contributed by atoms with Gasteiger partial charge < -0.3 is 5.73 Å². The van der Waals surface area contributed by atoms with Gasteiger partial charge in [0, 0.05) is 0 Å². The van der Waals surface area contributed by atoms with E-state index in [4.69, 9.17) is 5.73 Å². The van der Waals surface area contributed by atoms with E-state index in [1.807, 2.05) is 0 Å². The van der Waals surface area contributed by atoms with Gasteiger partial charge in [-0.25, -0.2) is 0 Å². The van der Waals surface area contributed by atoms with Gasteiger partial charge in [0.2, 0.25) is 0 Å². The van der Waals surface area contributed by atoms with Crippen LogP contribution in [0.4, 0.5) is 0 Å². The summed E-state index contributed by atoms with van der Waals surface area (Å²) in [5.41, 5.74) is 5.40. The zero-order valence-corrected chi connectivity index (χ0v) is 12.8. The molecular formula is C18H33N. The predicted molar refractivity (Wildman–Crippen MR) is 88.3 cm³/mol. The minimum absolute atomic E-state index is 0.751. The number of allylic oxidation sites excluding steroid dienone is 5. The van der Waals surface area contributed by atoms with E-state index < -0.39 is 0 Å². The van der Waals surface area contributed by atoms with Crippen LogP contribution in [0.3, 0.4) is 0 Å². The molecule has 0 fully saturated rings. The van der Waals surface area contributed by atoms with Crippen molar-refractivity contribution in [2.45, 2.75) is 71.1 Å². The molecule has 0 spiro atoms. The van der Waals surface area contributed by atoms with Crippen molar-refractivity contribution in [1.82, 2.24) is 0 Å². The summed E-state index contributed by atoms with van der Waals surface area (Å²) in [6.07, 6.45) is 26.1. The molecule has 110 valence electrons. The van der Waals surface area contributed by atoms with Crippen LogP contribution in [0.15, 0.2) is 36.5 Å². The van der Waals surface area contributed by atoms with E-state index in [2.05, 4.69) is 43.4 Å². The molecule has 0 saturated heterocycles. The van der Waals surface area contributed by atoms with Gasteiger partial charge in [-0.15, -0.1) is 0 Å². The lowest BCUT2D eigenvalue weighted by molar-refractivity contribution is 0.611. The Balaban J connectivity index is 3.22. The molecule has 0 aliphatic carbocycles. The number of hydrogen-bond donors (Lipinski definition) is 1. The third-order valence-corrected chi connectivity index (χ3v) is 3.10. The van der Waals surface area contributed by atoms with Crippen LogP contribution < -0.4 is 5.73 Å². The predicted octanol–water partition coefficient (Wildman–Crippen LogP) is 5.53. The Labute approximate surface area is 120 Å². The highest BCUT2D eigenvalue weighted by Gasteiger charge is 1.87. The summed E-state index contributed by atoms with van der Waals surface area (Å²) in [4.78, 5) is 0. The Morgan fingerprint density at radius 3 is 1.79 bits per heavy atom. The molecule has 19 heavy (non-hydrogen) atoms. The van der Waals surface area contributed by atoms with Crippen LogP contribution in [-0.2, 0) is 0 Å². The van der Waals surface area contributed by atoms with Gasteiger partial charge in [-0.3, -0.25) is 0 Å². The van der Waals surface area contributed by atoms with Gasteiger partial charge in [0.15, 0.2) is 0 Å². The molecule has 0 radical (unpaired) electrons. The quantitative estimate of drug-likeness (QED) is 0.343. The van der Waals surface area contributed by atoms with Crippen molar-refractivity contribution >= 4 is 0 Å². The van der Waals surface area contributed by atoms with Crippen molar-refractivity contribution in [3.8, 4) is 0 Å². The fourth-order valence-corrected chi connectivity index (χ4v) is 1.92.